The molecule has 2 N–H and O–H groups in total. The van der Waals surface area contributed by atoms with Crippen molar-refractivity contribution in [3.05, 3.63) is 64.2 Å². The van der Waals surface area contributed by atoms with Gasteiger partial charge in [0.05, 0.1) is 4.90 Å². The van der Waals surface area contributed by atoms with Crippen LogP contribution in [0.15, 0.2) is 47.4 Å². The van der Waals surface area contributed by atoms with Crippen LogP contribution in [0.1, 0.15) is 42.4 Å². The Morgan fingerprint density at radius 3 is 2.45 bits per heavy atom. The minimum absolute atomic E-state index is 0.216. The monoisotopic (exact) mass is 491 g/mol. The molecule has 2 amide bonds. The van der Waals surface area contributed by atoms with E-state index in [1.807, 2.05) is 19.1 Å². The van der Waals surface area contributed by atoms with Crippen LogP contribution in [0.2, 0.25) is 5.02 Å². The van der Waals surface area contributed by atoms with Gasteiger partial charge in [-0.3, -0.25) is 9.59 Å². The summed E-state index contributed by atoms with van der Waals surface area (Å²) in [5.74, 6) is -1.46. The summed E-state index contributed by atoms with van der Waals surface area (Å²) >= 11 is 5.84. The zero-order valence-corrected chi connectivity index (χ0v) is 20.5. The zero-order valence-electron chi connectivity index (χ0n) is 18.9. The Labute approximate surface area is 200 Å². The van der Waals surface area contributed by atoms with E-state index in [4.69, 9.17) is 11.6 Å². The summed E-state index contributed by atoms with van der Waals surface area (Å²) in [5.41, 5.74) is 2.44. The summed E-state index contributed by atoms with van der Waals surface area (Å²) in [5, 5.41) is 5.78. The van der Waals surface area contributed by atoms with E-state index in [-0.39, 0.29) is 19.1 Å². The van der Waals surface area contributed by atoms with E-state index in [2.05, 4.69) is 10.6 Å². The molecule has 3 rings (SSSR count). The smallest absolute Gasteiger partial charge is 0.309 e. The fraction of sp³-hybridized carbons (Fsp3) is 0.417. The van der Waals surface area contributed by atoms with E-state index in [9.17, 15) is 18.0 Å². The molecule has 0 spiro atoms. The number of hydrogen-bond donors (Lipinski definition) is 2. The third kappa shape index (κ3) is 6.56. The van der Waals surface area contributed by atoms with E-state index in [0.717, 1.165) is 36.0 Å². The summed E-state index contributed by atoms with van der Waals surface area (Å²) < 4.78 is 28.3. The van der Waals surface area contributed by atoms with Crippen LogP contribution >= 0.6 is 11.6 Å². The highest BCUT2D eigenvalue weighted by Gasteiger charge is 2.34. The summed E-state index contributed by atoms with van der Waals surface area (Å²) in [7, 11) is -3.64. The Morgan fingerprint density at radius 2 is 1.73 bits per heavy atom. The molecule has 0 radical (unpaired) electrons. The maximum Gasteiger partial charge on any atom is 0.309 e. The number of hydrogen-bond acceptors (Lipinski definition) is 4. The molecule has 2 aromatic carbocycles. The number of benzene rings is 2. The Morgan fingerprint density at radius 1 is 1.03 bits per heavy atom. The molecular weight excluding hydrogens is 462 g/mol. The van der Waals surface area contributed by atoms with Gasteiger partial charge in [0.2, 0.25) is 10.0 Å². The second-order valence-corrected chi connectivity index (χ2v) is 10.7. The lowest BCUT2D eigenvalue weighted by atomic mass is 10.0. The first-order valence-electron chi connectivity index (χ1n) is 11.1. The van der Waals surface area contributed by atoms with Crippen LogP contribution in [-0.2, 0) is 26.2 Å². The van der Waals surface area contributed by atoms with Gasteiger partial charge in [-0.05, 0) is 68.0 Å². The molecular formula is C24H30ClN3O4S. The third-order valence-corrected chi connectivity index (χ3v) is 8.18. The molecule has 0 aliphatic carbocycles. The lowest BCUT2D eigenvalue weighted by molar-refractivity contribution is -0.139. The molecule has 0 unspecified atom stereocenters. The van der Waals surface area contributed by atoms with Crippen LogP contribution < -0.4 is 10.6 Å². The molecule has 0 saturated carbocycles. The minimum atomic E-state index is -3.64. The number of sulfonamides is 1. The van der Waals surface area contributed by atoms with Gasteiger partial charge in [-0.2, -0.15) is 4.31 Å². The Bertz CT molecular complexity index is 1100. The molecule has 1 aliphatic rings. The predicted octanol–water partition coefficient (Wildman–Crippen LogP) is 3.32. The van der Waals surface area contributed by atoms with Crippen molar-refractivity contribution >= 4 is 33.4 Å². The molecule has 33 heavy (non-hydrogen) atoms. The largest absolute Gasteiger partial charge is 0.348 e. The second kappa shape index (κ2) is 11.1. The number of carbonyl (C=O) groups excluding carboxylic acids is 2. The van der Waals surface area contributed by atoms with Crippen molar-refractivity contribution < 1.29 is 18.0 Å². The van der Waals surface area contributed by atoms with Crippen LogP contribution in [0.4, 0.5) is 0 Å². The summed E-state index contributed by atoms with van der Waals surface area (Å²) in [6.45, 7) is 4.56. The summed E-state index contributed by atoms with van der Waals surface area (Å²) in [4.78, 5) is 24.6. The lowest BCUT2D eigenvalue weighted by Crippen LogP contribution is -2.46. The molecule has 1 saturated heterocycles. The molecule has 2 aromatic rings. The molecule has 1 atom stereocenters. The van der Waals surface area contributed by atoms with Gasteiger partial charge in [-0.1, -0.05) is 42.3 Å². The maximum atomic E-state index is 13.4. The van der Waals surface area contributed by atoms with Crippen LogP contribution in [-0.4, -0.2) is 43.7 Å². The van der Waals surface area contributed by atoms with Crippen LogP contribution in [0.3, 0.4) is 0 Å². The number of halogens is 1. The van der Waals surface area contributed by atoms with Crippen LogP contribution in [0, 0.1) is 13.8 Å². The van der Waals surface area contributed by atoms with Crippen molar-refractivity contribution in [2.75, 3.05) is 13.1 Å². The minimum Gasteiger partial charge on any atom is -0.348 e. The van der Waals surface area contributed by atoms with Crippen LogP contribution in [0.5, 0.6) is 0 Å². The van der Waals surface area contributed by atoms with Gasteiger partial charge in [-0.25, -0.2) is 8.42 Å². The van der Waals surface area contributed by atoms with Crippen molar-refractivity contribution in [1.29, 1.82) is 0 Å². The van der Waals surface area contributed by atoms with Gasteiger partial charge in [0.1, 0.15) is 0 Å². The molecule has 178 valence electrons. The van der Waals surface area contributed by atoms with Gasteiger partial charge in [-0.15, -0.1) is 0 Å². The SMILES string of the molecule is Cc1ccc(C)c(S(=O)(=O)N2CCCC[C@H]2CCNC(=O)C(=O)NCc2ccc(Cl)cc2)c1. The highest BCUT2D eigenvalue weighted by Crippen LogP contribution is 2.29. The zero-order chi connectivity index (χ0) is 24.0. The average molecular weight is 492 g/mol. The van der Waals surface area contributed by atoms with Gasteiger partial charge < -0.3 is 10.6 Å². The molecule has 1 fully saturated rings. The van der Waals surface area contributed by atoms with Crippen molar-refractivity contribution in [2.24, 2.45) is 0 Å². The third-order valence-electron chi connectivity index (χ3n) is 5.84. The predicted molar refractivity (Wildman–Crippen MR) is 128 cm³/mol. The van der Waals surface area contributed by atoms with E-state index in [1.54, 1.807) is 41.6 Å². The number of amides is 2. The Hall–Kier alpha value is -2.42. The fourth-order valence-corrected chi connectivity index (χ4v) is 6.15. The average Bonchev–Trinajstić information content (AvgIpc) is 2.80. The van der Waals surface area contributed by atoms with Crippen molar-refractivity contribution in [3.63, 3.8) is 0 Å². The van der Waals surface area contributed by atoms with E-state index < -0.39 is 21.8 Å². The standard InChI is InChI=1S/C24H30ClN3O4S/c1-17-6-7-18(2)22(15-17)33(31,32)28-14-4-3-5-21(28)12-13-26-23(29)24(30)27-16-19-8-10-20(25)11-9-19/h6-11,15,21H,3-5,12-14,16H2,1-2H3,(H,26,29)(H,27,30)/t21-/m0/s1. The number of piperidine rings is 1. The van der Waals surface area contributed by atoms with Crippen LogP contribution in [0.25, 0.3) is 0 Å². The first-order valence-corrected chi connectivity index (χ1v) is 12.9. The summed E-state index contributed by atoms with van der Waals surface area (Å²) in [6, 6.07) is 12.2. The highest BCUT2D eigenvalue weighted by atomic mass is 35.5. The number of nitrogens with zero attached hydrogens (tertiary/aromatic N) is 1. The molecule has 1 aliphatic heterocycles. The molecule has 0 bridgehead atoms. The fourth-order valence-electron chi connectivity index (χ4n) is 3.99. The first-order chi connectivity index (χ1) is 15.7. The van der Waals surface area contributed by atoms with Gasteiger partial charge >= 0.3 is 11.8 Å². The Balaban J connectivity index is 1.55. The Kier molecular flexibility index (Phi) is 8.51. The van der Waals surface area contributed by atoms with Crippen molar-refractivity contribution in [3.8, 4) is 0 Å². The van der Waals surface area contributed by atoms with E-state index >= 15 is 0 Å². The molecule has 9 heteroatoms. The normalized spacial score (nSPS) is 16.9. The number of nitrogens with one attached hydrogen (secondary N) is 2. The van der Waals surface area contributed by atoms with Gasteiger partial charge in [0, 0.05) is 30.7 Å². The lowest BCUT2D eigenvalue weighted by Gasteiger charge is -2.35. The quantitative estimate of drug-likeness (QED) is 0.581. The highest BCUT2D eigenvalue weighted by molar-refractivity contribution is 7.89. The van der Waals surface area contributed by atoms with Gasteiger partial charge in [0.25, 0.3) is 0 Å². The van der Waals surface area contributed by atoms with E-state index in [1.165, 1.54) is 0 Å². The van der Waals surface area contributed by atoms with E-state index in [0.29, 0.717) is 22.9 Å². The number of rotatable bonds is 7. The molecule has 0 aromatic heterocycles. The maximum absolute atomic E-state index is 13.4. The number of carbonyl (C=O) groups is 2. The summed E-state index contributed by atoms with van der Waals surface area (Å²) in [6.07, 6.45) is 2.90. The van der Waals surface area contributed by atoms with Crippen molar-refractivity contribution in [1.82, 2.24) is 14.9 Å². The second-order valence-electron chi connectivity index (χ2n) is 8.39. The first kappa shape index (κ1) is 25.2. The molecule has 1 heterocycles. The topological polar surface area (TPSA) is 95.6 Å². The van der Waals surface area contributed by atoms with Gasteiger partial charge in [0.15, 0.2) is 0 Å². The number of aryl methyl sites for hydroxylation is 2. The molecule has 7 nitrogen and oxygen atoms in total. The van der Waals surface area contributed by atoms with Crippen molar-refractivity contribution in [2.45, 2.75) is 57.0 Å².